The number of benzene rings is 1. The first-order chi connectivity index (χ1) is 15.6. The number of amides is 1. The molecule has 4 N–H and O–H groups in total. The van der Waals surface area contributed by atoms with Crippen molar-refractivity contribution < 1.29 is 18.3 Å². The van der Waals surface area contributed by atoms with E-state index in [0.717, 1.165) is 28.5 Å². The Morgan fingerprint density at radius 2 is 2.06 bits per heavy atom. The lowest BCUT2D eigenvalue weighted by atomic mass is 10.1. The molecule has 33 heavy (non-hydrogen) atoms. The van der Waals surface area contributed by atoms with E-state index < -0.39 is 5.57 Å². The number of aromatic nitrogens is 2. The largest absolute Gasteiger partial charge is 0.487 e. The van der Waals surface area contributed by atoms with Crippen molar-refractivity contribution in [1.29, 1.82) is 10.5 Å². The maximum atomic E-state index is 13.0. The van der Waals surface area contributed by atoms with E-state index in [4.69, 9.17) is 22.6 Å². The van der Waals surface area contributed by atoms with Crippen LogP contribution in [0.2, 0.25) is 0 Å². The van der Waals surface area contributed by atoms with E-state index in [2.05, 4.69) is 20.0 Å². The first kappa shape index (κ1) is 24.1. The van der Waals surface area contributed by atoms with E-state index in [9.17, 15) is 18.8 Å². The van der Waals surface area contributed by atoms with Crippen LogP contribution in [0.1, 0.15) is 22.4 Å². The van der Waals surface area contributed by atoms with Crippen molar-refractivity contribution in [2.24, 2.45) is 0 Å². The first-order valence-corrected chi connectivity index (χ1v) is 10.8. The molecule has 3 aromatic rings. The van der Waals surface area contributed by atoms with E-state index in [1.54, 1.807) is 6.07 Å². The standard InChI is InChI=1S/C21H17ClF2N6O2S/c1-11-15(16-7-14(32-21(22,23)24)2-3-17(16)29-11)4-5-28-18(31)10-33-20-13(9-26)6-12(8-25)19(27)30-20/h2-3,6-7,29H,4-5,10H2,1H3,(H2,27,30)(H,28,31). The molecule has 0 saturated carbocycles. The van der Waals surface area contributed by atoms with Gasteiger partial charge in [0.25, 0.3) is 0 Å². The molecule has 0 radical (unpaired) electrons. The van der Waals surface area contributed by atoms with Gasteiger partial charge in [0.15, 0.2) is 0 Å². The Bertz CT molecular complexity index is 1290. The summed E-state index contributed by atoms with van der Waals surface area (Å²) in [4.78, 5) is 19.4. The number of nitrogens with two attached hydrogens (primary N) is 1. The number of aryl methyl sites for hydroxylation is 1. The van der Waals surface area contributed by atoms with Gasteiger partial charge in [-0.25, -0.2) is 4.98 Å². The minimum Gasteiger partial charge on any atom is -0.420 e. The molecule has 1 amide bonds. The number of carbonyl (C=O) groups excluding carboxylic acids is 1. The number of nitrogens with zero attached hydrogens (tertiary/aromatic N) is 3. The van der Waals surface area contributed by atoms with Crippen molar-refractivity contribution >= 4 is 46.0 Å². The van der Waals surface area contributed by atoms with Crippen molar-refractivity contribution in [3.05, 3.63) is 46.6 Å². The number of aromatic amines is 1. The van der Waals surface area contributed by atoms with Crippen molar-refractivity contribution in [1.82, 2.24) is 15.3 Å². The summed E-state index contributed by atoms with van der Waals surface area (Å²) in [6.07, 6.45) is 0.439. The van der Waals surface area contributed by atoms with E-state index >= 15 is 0 Å². The summed E-state index contributed by atoms with van der Waals surface area (Å²) >= 11 is 5.88. The Morgan fingerprint density at radius 3 is 2.73 bits per heavy atom. The van der Waals surface area contributed by atoms with E-state index in [1.807, 2.05) is 19.1 Å². The predicted molar refractivity (Wildman–Crippen MR) is 120 cm³/mol. The van der Waals surface area contributed by atoms with Gasteiger partial charge in [0.05, 0.1) is 16.9 Å². The maximum absolute atomic E-state index is 13.0. The number of nitrogens with one attached hydrogen (secondary N) is 2. The smallest absolute Gasteiger partial charge is 0.420 e. The minimum absolute atomic E-state index is 0.00972. The Labute approximate surface area is 196 Å². The molecule has 0 unspecified atom stereocenters. The molecule has 0 saturated heterocycles. The number of fused-ring (bicyclic) bond motifs is 1. The minimum atomic E-state index is -3.81. The van der Waals surface area contributed by atoms with Crippen LogP contribution in [0.15, 0.2) is 29.3 Å². The number of rotatable bonds is 8. The molecule has 2 heterocycles. The molecule has 0 aliphatic rings. The van der Waals surface area contributed by atoms with Crippen LogP contribution >= 0.6 is 23.4 Å². The van der Waals surface area contributed by atoms with E-state index in [0.29, 0.717) is 11.8 Å². The van der Waals surface area contributed by atoms with Crippen LogP contribution in [0.25, 0.3) is 10.9 Å². The van der Waals surface area contributed by atoms with Gasteiger partial charge in [-0.05, 0) is 43.2 Å². The number of hydrogen-bond acceptors (Lipinski definition) is 7. The SMILES string of the molecule is Cc1[nH]c2ccc(OC(F)(F)Cl)cc2c1CCNC(=O)CSc1nc(N)c(C#N)cc1C#N. The number of H-pyrrole nitrogens is 1. The third kappa shape index (κ3) is 6.04. The number of halogens is 3. The highest BCUT2D eigenvalue weighted by Gasteiger charge is 2.27. The third-order valence-corrected chi connectivity index (χ3v) is 5.69. The zero-order chi connectivity index (χ0) is 24.2. The maximum Gasteiger partial charge on any atom is 0.487 e. The lowest BCUT2D eigenvalue weighted by molar-refractivity contribution is -0.118. The molecule has 12 heteroatoms. The summed E-state index contributed by atoms with van der Waals surface area (Å²) in [6.45, 7) is 2.13. The van der Waals surface area contributed by atoms with Gasteiger partial charge in [0.1, 0.15) is 28.7 Å². The van der Waals surface area contributed by atoms with Gasteiger partial charge in [0, 0.05) is 34.7 Å². The molecule has 0 atom stereocenters. The van der Waals surface area contributed by atoms with Crippen LogP contribution in [0.4, 0.5) is 14.6 Å². The number of nitriles is 2. The number of thioether (sulfide) groups is 1. The van der Waals surface area contributed by atoms with Gasteiger partial charge < -0.3 is 20.8 Å². The highest BCUT2D eigenvalue weighted by molar-refractivity contribution is 8.00. The predicted octanol–water partition coefficient (Wildman–Crippen LogP) is 3.82. The highest BCUT2D eigenvalue weighted by Crippen LogP contribution is 2.31. The second-order valence-corrected chi connectivity index (χ2v) is 8.27. The summed E-state index contributed by atoms with van der Waals surface area (Å²) < 4.78 is 30.3. The van der Waals surface area contributed by atoms with Crippen LogP contribution < -0.4 is 15.8 Å². The van der Waals surface area contributed by atoms with Crippen molar-refractivity contribution in [2.75, 3.05) is 18.0 Å². The van der Waals surface area contributed by atoms with Gasteiger partial charge in [0.2, 0.25) is 5.91 Å². The lowest BCUT2D eigenvalue weighted by Crippen LogP contribution is -2.27. The number of pyridine rings is 1. The summed E-state index contributed by atoms with van der Waals surface area (Å²) in [5.74, 6) is -0.394. The fourth-order valence-electron chi connectivity index (χ4n) is 3.18. The Morgan fingerprint density at radius 1 is 1.33 bits per heavy atom. The second kappa shape index (κ2) is 9.94. The molecule has 8 nitrogen and oxygen atoms in total. The third-order valence-electron chi connectivity index (χ3n) is 4.62. The zero-order valence-electron chi connectivity index (χ0n) is 17.2. The van der Waals surface area contributed by atoms with Crippen LogP contribution in [0.5, 0.6) is 5.75 Å². The van der Waals surface area contributed by atoms with E-state index in [-0.39, 0.29) is 45.9 Å². The normalized spacial score (nSPS) is 11.1. The van der Waals surface area contributed by atoms with Crippen molar-refractivity contribution in [2.45, 2.75) is 23.9 Å². The molecular weight excluding hydrogens is 474 g/mol. The van der Waals surface area contributed by atoms with Crippen LogP contribution in [-0.4, -0.2) is 33.7 Å². The molecule has 3 rings (SSSR count). The van der Waals surface area contributed by atoms with Gasteiger partial charge in [-0.1, -0.05) is 11.8 Å². The highest BCUT2D eigenvalue weighted by atomic mass is 35.5. The number of nitrogen functional groups attached to an aromatic ring is 1. The van der Waals surface area contributed by atoms with Crippen molar-refractivity contribution in [3.63, 3.8) is 0 Å². The molecule has 170 valence electrons. The quantitative estimate of drug-likeness (QED) is 0.322. The molecule has 2 aromatic heterocycles. The first-order valence-electron chi connectivity index (χ1n) is 9.48. The fraction of sp³-hybridized carbons (Fsp3) is 0.238. The average molecular weight is 491 g/mol. The molecule has 0 spiro atoms. The molecule has 0 aliphatic carbocycles. The van der Waals surface area contributed by atoms with Crippen LogP contribution in [0, 0.1) is 29.6 Å². The summed E-state index contributed by atoms with van der Waals surface area (Å²) in [5.41, 5.74) is 4.54. The van der Waals surface area contributed by atoms with Crippen LogP contribution in [0.3, 0.4) is 0 Å². The van der Waals surface area contributed by atoms with Crippen molar-refractivity contribution in [3.8, 4) is 17.9 Å². The summed E-state index contributed by atoms with van der Waals surface area (Å²) in [7, 11) is 0. The van der Waals surface area contributed by atoms with Gasteiger partial charge in [-0.2, -0.15) is 10.5 Å². The molecule has 0 fully saturated rings. The zero-order valence-corrected chi connectivity index (χ0v) is 18.8. The monoisotopic (exact) mass is 490 g/mol. The molecule has 0 bridgehead atoms. The fourth-order valence-corrected chi connectivity index (χ4v) is 4.06. The lowest BCUT2D eigenvalue weighted by Gasteiger charge is -2.11. The summed E-state index contributed by atoms with van der Waals surface area (Å²) in [5, 5.41) is 21.9. The number of anilines is 1. The second-order valence-electron chi connectivity index (χ2n) is 6.87. The molecule has 1 aromatic carbocycles. The van der Waals surface area contributed by atoms with Gasteiger partial charge in [-0.3, -0.25) is 4.79 Å². The summed E-state index contributed by atoms with van der Waals surface area (Å²) in [6, 6.07) is 9.59. The number of ether oxygens (including phenoxy) is 1. The van der Waals surface area contributed by atoms with Crippen LogP contribution in [-0.2, 0) is 11.2 Å². The Balaban J connectivity index is 1.61. The number of alkyl halides is 3. The van der Waals surface area contributed by atoms with E-state index in [1.165, 1.54) is 18.2 Å². The van der Waals surface area contributed by atoms with Gasteiger partial charge in [-0.15, -0.1) is 8.78 Å². The Hall–Kier alpha value is -3.54. The number of carbonyl (C=O) groups is 1. The molecule has 0 aliphatic heterocycles. The number of hydrogen-bond donors (Lipinski definition) is 3. The van der Waals surface area contributed by atoms with Gasteiger partial charge >= 0.3 is 5.57 Å². The Kier molecular flexibility index (Phi) is 7.26. The topological polar surface area (TPSA) is 141 Å². The molecular formula is C21H17ClF2N6O2S. The average Bonchev–Trinajstić information content (AvgIpc) is 3.05.